The van der Waals surface area contributed by atoms with Crippen LogP contribution >= 0.6 is 35.0 Å². The summed E-state index contributed by atoms with van der Waals surface area (Å²) >= 11 is 14.0. The molecule has 4 rings (SSSR count). The van der Waals surface area contributed by atoms with Crippen LogP contribution in [0.2, 0.25) is 10.0 Å². The Kier molecular flexibility index (Phi) is 10.5. The Labute approximate surface area is 237 Å². The predicted octanol–water partition coefficient (Wildman–Crippen LogP) is 7.06. The van der Waals surface area contributed by atoms with Gasteiger partial charge in [-0.2, -0.15) is 0 Å². The predicted molar refractivity (Wildman–Crippen MR) is 154 cm³/mol. The van der Waals surface area contributed by atoms with E-state index in [0.717, 1.165) is 42.4 Å². The number of carbonyl (C=O) groups is 2. The number of rotatable bonds is 11. The molecule has 1 N–H and O–H groups in total. The normalized spacial score (nSPS) is 14.3. The molecule has 200 valence electrons. The van der Waals surface area contributed by atoms with Crippen molar-refractivity contribution in [3.05, 3.63) is 105 Å². The van der Waals surface area contributed by atoms with Crippen molar-refractivity contribution in [1.82, 2.24) is 10.2 Å². The Bertz CT molecular complexity index is 1220. The Morgan fingerprint density at radius 1 is 0.974 bits per heavy atom. The van der Waals surface area contributed by atoms with Crippen LogP contribution in [0.25, 0.3) is 0 Å². The summed E-state index contributed by atoms with van der Waals surface area (Å²) in [6.07, 6.45) is 4.48. The fourth-order valence-corrected chi connectivity index (χ4v) is 6.01. The van der Waals surface area contributed by atoms with E-state index in [1.165, 1.54) is 23.9 Å². The summed E-state index contributed by atoms with van der Waals surface area (Å²) < 4.78 is 13.3. The maximum absolute atomic E-state index is 13.7. The van der Waals surface area contributed by atoms with Gasteiger partial charge < -0.3 is 10.2 Å². The number of amides is 2. The monoisotopic (exact) mass is 572 g/mol. The van der Waals surface area contributed by atoms with Gasteiger partial charge in [0.25, 0.3) is 0 Å². The third-order valence-corrected chi connectivity index (χ3v) is 8.31. The van der Waals surface area contributed by atoms with Gasteiger partial charge in [-0.15, -0.1) is 11.8 Å². The molecular formula is C30H31Cl2FN2O2S. The maximum Gasteiger partial charge on any atom is 0.243 e. The van der Waals surface area contributed by atoms with Crippen LogP contribution < -0.4 is 5.32 Å². The van der Waals surface area contributed by atoms with Gasteiger partial charge in [-0.05, 0) is 53.8 Å². The molecule has 1 aliphatic rings. The largest absolute Gasteiger partial charge is 0.352 e. The van der Waals surface area contributed by atoms with Crippen molar-refractivity contribution >= 4 is 46.8 Å². The number of thioether (sulfide) groups is 1. The molecule has 1 fully saturated rings. The van der Waals surface area contributed by atoms with Crippen LogP contribution in [0.4, 0.5) is 4.39 Å². The summed E-state index contributed by atoms with van der Waals surface area (Å²) in [5, 5.41) is 4.16. The lowest BCUT2D eigenvalue weighted by molar-refractivity contribution is -0.139. The smallest absolute Gasteiger partial charge is 0.243 e. The highest BCUT2D eigenvalue weighted by molar-refractivity contribution is 7.99. The molecule has 0 bridgehead atoms. The number of nitrogens with one attached hydrogen (secondary N) is 1. The zero-order valence-electron chi connectivity index (χ0n) is 21.0. The third kappa shape index (κ3) is 8.23. The topological polar surface area (TPSA) is 49.4 Å². The molecule has 3 aromatic carbocycles. The first-order valence-corrected chi connectivity index (χ1v) is 14.7. The number of carbonyl (C=O) groups excluding carboxylic acids is 2. The summed E-state index contributed by atoms with van der Waals surface area (Å²) in [6, 6.07) is 20.6. The molecule has 1 atom stereocenters. The van der Waals surface area contributed by atoms with Gasteiger partial charge in [-0.3, -0.25) is 9.59 Å². The van der Waals surface area contributed by atoms with Crippen molar-refractivity contribution in [2.75, 3.05) is 5.75 Å². The minimum atomic E-state index is -0.705. The summed E-state index contributed by atoms with van der Waals surface area (Å²) in [6.45, 7) is 0.182. The molecule has 0 radical (unpaired) electrons. The van der Waals surface area contributed by atoms with Crippen molar-refractivity contribution < 1.29 is 14.0 Å². The van der Waals surface area contributed by atoms with Gasteiger partial charge >= 0.3 is 0 Å². The SMILES string of the molecule is O=C(NC1CCCC1)[C@@H](Cc1ccccc1)N(Cc1ccc(Cl)cc1Cl)C(=O)CSCc1ccc(F)cc1. The van der Waals surface area contributed by atoms with Crippen molar-refractivity contribution in [2.45, 2.75) is 56.5 Å². The van der Waals surface area contributed by atoms with E-state index in [4.69, 9.17) is 23.2 Å². The van der Waals surface area contributed by atoms with Crippen LogP contribution in [0.15, 0.2) is 72.8 Å². The average molecular weight is 574 g/mol. The first kappa shape index (κ1) is 28.5. The molecule has 0 saturated heterocycles. The van der Waals surface area contributed by atoms with Crippen molar-refractivity contribution in [1.29, 1.82) is 0 Å². The van der Waals surface area contributed by atoms with Crippen LogP contribution in [0.3, 0.4) is 0 Å². The summed E-state index contributed by atoms with van der Waals surface area (Å²) in [5.74, 6) is 0.121. The van der Waals surface area contributed by atoms with Crippen molar-refractivity contribution in [2.24, 2.45) is 0 Å². The second-order valence-electron chi connectivity index (χ2n) is 9.57. The van der Waals surface area contributed by atoms with Crippen LogP contribution in [-0.2, 0) is 28.3 Å². The molecule has 38 heavy (non-hydrogen) atoms. The molecule has 0 aliphatic heterocycles. The number of nitrogens with zero attached hydrogens (tertiary/aromatic N) is 1. The van der Waals surface area contributed by atoms with Gasteiger partial charge in [-0.1, -0.05) is 84.6 Å². The van der Waals surface area contributed by atoms with Crippen LogP contribution in [0, 0.1) is 5.82 Å². The van der Waals surface area contributed by atoms with E-state index in [1.807, 2.05) is 30.3 Å². The first-order valence-electron chi connectivity index (χ1n) is 12.8. The Morgan fingerprint density at radius 3 is 2.37 bits per heavy atom. The molecule has 0 unspecified atom stereocenters. The van der Waals surface area contributed by atoms with E-state index in [2.05, 4.69) is 5.32 Å². The van der Waals surface area contributed by atoms with Crippen LogP contribution in [0.5, 0.6) is 0 Å². The summed E-state index contributed by atoms with van der Waals surface area (Å²) in [4.78, 5) is 29.1. The van der Waals surface area contributed by atoms with Gasteiger partial charge in [0.2, 0.25) is 11.8 Å². The highest BCUT2D eigenvalue weighted by Gasteiger charge is 2.32. The third-order valence-electron chi connectivity index (χ3n) is 6.74. The van der Waals surface area contributed by atoms with E-state index >= 15 is 0 Å². The van der Waals surface area contributed by atoms with Gasteiger partial charge in [0.05, 0.1) is 5.75 Å². The molecule has 3 aromatic rings. The van der Waals surface area contributed by atoms with Gasteiger partial charge in [0.15, 0.2) is 0 Å². The van der Waals surface area contributed by atoms with Crippen LogP contribution in [-0.4, -0.2) is 34.6 Å². The zero-order valence-corrected chi connectivity index (χ0v) is 23.4. The highest BCUT2D eigenvalue weighted by atomic mass is 35.5. The number of hydrogen-bond acceptors (Lipinski definition) is 3. The van der Waals surface area contributed by atoms with E-state index < -0.39 is 6.04 Å². The van der Waals surface area contributed by atoms with E-state index in [0.29, 0.717) is 22.2 Å². The Balaban J connectivity index is 1.58. The molecule has 0 heterocycles. The maximum atomic E-state index is 13.7. The molecule has 1 aliphatic carbocycles. The molecular weight excluding hydrogens is 542 g/mol. The number of halogens is 3. The molecule has 4 nitrogen and oxygen atoms in total. The van der Waals surface area contributed by atoms with E-state index in [9.17, 15) is 14.0 Å². The molecule has 0 aromatic heterocycles. The quantitative estimate of drug-likeness (QED) is 0.267. The Hall–Kier alpha value is -2.54. The fraction of sp³-hybridized carbons (Fsp3) is 0.333. The zero-order chi connectivity index (χ0) is 26.9. The van der Waals surface area contributed by atoms with E-state index in [-0.39, 0.29) is 36.0 Å². The Morgan fingerprint density at radius 2 is 1.68 bits per heavy atom. The minimum Gasteiger partial charge on any atom is -0.352 e. The van der Waals surface area contributed by atoms with Gasteiger partial charge in [0.1, 0.15) is 11.9 Å². The second-order valence-corrected chi connectivity index (χ2v) is 11.4. The fourth-order valence-electron chi connectivity index (χ4n) is 4.67. The lowest BCUT2D eigenvalue weighted by Gasteiger charge is -2.32. The standard InChI is InChI=1S/C30H31Cl2FN2O2S/c31-24-13-12-23(27(32)17-24)18-35(29(36)20-38-19-22-10-14-25(33)15-11-22)28(16-21-6-2-1-3-7-21)30(37)34-26-8-4-5-9-26/h1-3,6-7,10-15,17,26,28H,4-5,8-9,16,18-20H2,(H,34,37)/t28-/m1/s1. The lowest BCUT2D eigenvalue weighted by Crippen LogP contribution is -2.52. The number of benzene rings is 3. The number of hydrogen-bond donors (Lipinski definition) is 1. The lowest BCUT2D eigenvalue weighted by atomic mass is 10.0. The molecule has 8 heteroatoms. The summed E-state index contributed by atoms with van der Waals surface area (Å²) in [7, 11) is 0. The average Bonchev–Trinajstić information content (AvgIpc) is 3.42. The first-order chi connectivity index (χ1) is 18.4. The summed E-state index contributed by atoms with van der Waals surface area (Å²) in [5.41, 5.74) is 2.62. The van der Waals surface area contributed by atoms with E-state index in [1.54, 1.807) is 35.2 Å². The van der Waals surface area contributed by atoms with Crippen molar-refractivity contribution in [3.8, 4) is 0 Å². The van der Waals surface area contributed by atoms with Gasteiger partial charge in [-0.25, -0.2) is 4.39 Å². The van der Waals surface area contributed by atoms with Crippen LogP contribution in [0.1, 0.15) is 42.4 Å². The highest BCUT2D eigenvalue weighted by Crippen LogP contribution is 2.26. The van der Waals surface area contributed by atoms with Gasteiger partial charge in [0, 0.05) is 34.8 Å². The molecule has 0 spiro atoms. The molecule has 1 saturated carbocycles. The minimum absolute atomic E-state index is 0.129. The second kappa shape index (κ2) is 14.0. The molecule has 2 amide bonds. The van der Waals surface area contributed by atoms with Crippen molar-refractivity contribution in [3.63, 3.8) is 0 Å².